The Morgan fingerprint density at radius 2 is 1.93 bits per heavy atom. The van der Waals surface area contributed by atoms with Crippen LogP contribution in [0.15, 0.2) is 75.8 Å². The Morgan fingerprint density at radius 1 is 1.11 bits per heavy atom. The van der Waals surface area contributed by atoms with Crippen LogP contribution in [0.5, 0.6) is 0 Å². The molecule has 1 amide bonds. The molecule has 140 valence electrons. The van der Waals surface area contributed by atoms with Gasteiger partial charge in [0, 0.05) is 37.1 Å². The van der Waals surface area contributed by atoms with E-state index in [4.69, 9.17) is 8.83 Å². The van der Waals surface area contributed by atoms with E-state index in [1.54, 1.807) is 42.7 Å². The lowest BCUT2D eigenvalue weighted by molar-refractivity contribution is -0.111. The standard InChI is InChI=1S/C22H19N3O3/c1-25(2)17-8-5-15(6-9-17)22-24-19-14-16(7-11-20(19)28-22)23-21(26)12-10-18-4-3-13-27-18/h3-14H,1-2H3,(H,23,26). The molecule has 4 aromatic rings. The number of carbonyl (C=O) groups excluding carboxylic acids is 1. The SMILES string of the molecule is CN(C)c1ccc(-c2nc3cc(NC(=O)C=Cc4ccco4)ccc3o2)cc1. The number of furan rings is 1. The maximum Gasteiger partial charge on any atom is 0.248 e. The summed E-state index contributed by atoms with van der Waals surface area (Å²) in [7, 11) is 3.99. The summed E-state index contributed by atoms with van der Waals surface area (Å²) in [6.07, 6.45) is 4.59. The highest BCUT2D eigenvalue weighted by Crippen LogP contribution is 2.27. The van der Waals surface area contributed by atoms with Gasteiger partial charge in [0.25, 0.3) is 0 Å². The average Bonchev–Trinajstić information content (AvgIpc) is 3.36. The van der Waals surface area contributed by atoms with Gasteiger partial charge in [0.15, 0.2) is 5.58 Å². The van der Waals surface area contributed by atoms with E-state index in [1.807, 2.05) is 43.3 Å². The van der Waals surface area contributed by atoms with Crippen molar-refractivity contribution in [3.8, 4) is 11.5 Å². The fraction of sp³-hybridized carbons (Fsp3) is 0.0909. The highest BCUT2D eigenvalue weighted by molar-refractivity contribution is 6.02. The van der Waals surface area contributed by atoms with Crippen LogP contribution in [0, 0.1) is 0 Å². The summed E-state index contributed by atoms with van der Waals surface area (Å²) < 4.78 is 11.0. The van der Waals surface area contributed by atoms with Crippen molar-refractivity contribution < 1.29 is 13.6 Å². The molecule has 0 unspecified atom stereocenters. The monoisotopic (exact) mass is 373 g/mol. The van der Waals surface area contributed by atoms with Crippen LogP contribution < -0.4 is 10.2 Å². The molecule has 0 aliphatic rings. The van der Waals surface area contributed by atoms with Gasteiger partial charge in [0.1, 0.15) is 11.3 Å². The van der Waals surface area contributed by atoms with Crippen molar-refractivity contribution in [1.29, 1.82) is 0 Å². The lowest BCUT2D eigenvalue weighted by atomic mass is 10.2. The Balaban J connectivity index is 1.52. The number of oxazole rings is 1. The quantitative estimate of drug-likeness (QED) is 0.509. The minimum Gasteiger partial charge on any atom is -0.465 e. The Morgan fingerprint density at radius 3 is 2.64 bits per heavy atom. The van der Waals surface area contributed by atoms with Gasteiger partial charge in [-0.05, 0) is 60.7 Å². The summed E-state index contributed by atoms with van der Waals surface area (Å²) in [6, 6.07) is 16.9. The second-order valence-electron chi connectivity index (χ2n) is 6.48. The molecule has 2 aromatic heterocycles. The van der Waals surface area contributed by atoms with E-state index < -0.39 is 0 Å². The van der Waals surface area contributed by atoms with Crippen LogP contribution in [0.25, 0.3) is 28.6 Å². The number of aromatic nitrogens is 1. The minimum absolute atomic E-state index is 0.251. The van der Waals surface area contributed by atoms with E-state index in [0.717, 1.165) is 11.3 Å². The van der Waals surface area contributed by atoms with Crippen LogP contribution >= 0.6 is 0 Å². The summed E-state index contributed by atoms with van der Waals surface area (Å²) in [6.45, 7) is 0. The van der Waals surface area contributed by atoms with Gasteiger partial charge in [-0.1, -0.05) is 0 Å². The Labute approximate surface area is 162 Å². The first-order chi connectivity index (χ1) is 13.6. The van der Waals surface area contributed by atoms with Crippen LogP contribution in [-0.2, 0) is 4.79 Å². The van der Waals surface area contributed by atoms with E-state index in [2.05, 4.69) is 10.3 Å². The third-order valence-electron chi connectivity index (χ3n) is 4.23. The number of hydrogen-bond acceptors (Lipinski definition) is 5. The summed E-state index contributed by atoms with van der Waals surface area (Å²) in [4.78, 5) is 18.7. The number of amides is 1. The van der Waals surface area contributed by atoms with E-state index in [-0.39, 0.29) is 5.91 Å². The zero-order chi connectivity index (χ0) is 19.5. The highest BCUT2D eigenvalue weighted by atomic mass is 16.3. The van der Waals surface area contributed by atoms with Crippen molar-refractivity contribution in [3.63, 3.8) is 0 Å². The summed E-state index contributed by atoms with van der Waals surface area (Å²) in [5.74, 6) is 0.910. The summed E-state index contributed by atoms with van der Waals surface area (Å²) in [5, 5.41) is 2.81. The third kappa shape index (κ3) is 3.81. The normalized spacial score (nSPS) is 11.2. The summed E-state index contributed by atoms with van der Waals surface area (Å²) in [5.41, 5.74) is 3.99. The zero-order valence-electron chi connectivity index (χ0n) is 15.5. The predicted molar refractivity (Wildman–Crippen MR) is 110 cm³/mol. The van der Waals surface area contributed by atoms with E-state index >= 15 is 0 Å². The Bertz CT molecular complexity index is 1120. The average molecular weight is 373 g/mol. The molecule has 6 heteroatoms. The molecule has 0 saturated heterocycles. The molecule has 4 rings (SSSR count). The van der Waals surface area contributed by atoms with Gasteiger partial charge in [0.05, 0.1) is 6.26 Å². The Hall–Kier alpha value is -3.80. The third-order valence-corrected chi connectivity index (χ3v) is 4.23. The lowest BCUT2D eigenvalue weighted by Gasteiger charge is -2.11. The number of fused-ring (bicyclic) bond motifs is 1. The van der Waals surface area contributed by atoms with Gasteiger partial charge < -0.3 is 19.1 Å². The minimum atomic E-state index is -0.251. The van der Waals surface area contributed by atoms with Gasteiger partial charge in [-0.15, -0.1) is 0 Å². The summed E-state index contributed by atoms with van der Waals surface area (Å²) >= 11 is 0. The number of benzene rings is 2. The number of rotatable bonds is 5. The molecule has 2 aromatic carbocycles. The second-order valence-corrected chi connectivity index (χ2v) is 6.48. The molecule has 0 aliphatic heterocycles. The van der Waals surface area contributed by atoms with Gasteiger partial charge in [-0.3, -0.25) is 4.79 Å². The van der Waals surface area contributed by atoms with Crippen molar-refractivity contribution in [3.05, 3.63) is 72.7 Å². The van der Waals surface area contributed by atoms with Gasteiger partial charge >= 0.3 is 0 Å². The fourth-order valence-corrected chi connectivity index (χ4v) is 2.76. The first-order valence-corrected chi connectivity index (χ1v) is 8.79. The van der Waals surface area contributed by atoms with Gasteiger partial charge in [-0.25, -0.2) is 4.98 Å². The zero-order valence-corrected chi connectivity index (χ0v) is 15.5. The largest absolute Gasteiger partial charge is 0.465 e. The number of nitrogens with one attached hydrogen (secondary N) is 1. The molecule has 28 heavy (non-hydrogen) atoms. The molecule has 0 spiro atoms. The number of carbonyl (C=O) groups is 1. The first kappa shape index (κ1) is 17.6. The van der Waals surface area contributed by atoms with Gasteiger partial charge in [-0.2, -0.15) is 0 Å². The molecule has 0 atom stereocenters. The molecule has 0 radical (unpaired) electrons. The number of anilines is 2. The van der Waals surface area contributed by atoms with Crippen molar-refractivity contribution >= 4 is 34.5 Å². The maximum absolute atomic E-state index is 12.1. The second kappa shape index (κ2) is 7.44. The lowest BCUT2D eigenvalue weighted by Crippen LogP contribution is -2.07. The van der Waals surface area contributed by atoms with E-state index in [9.17, 15) is 4.79 Å². The van der Waals surface area contributed by atoms with Crippen LogP contribution in [0.1, 0.15) is 5.76 Å². The fourth-order valence-electron chi connectivity index (χ4n) is 2.76. The van der Waals surface area contributed by atoms with Crippen molar-refractivity contribution in [2.75, 3.05) is 24.3 Å². The molecule has 6 nitrogen and oxygen atoms in total. The molecule has 1 N–H and O–H groups in total. The highest BCUT2D eigenvalue weighted by Gasteiger charge is 2.10. The first-order valence-electron chi connectivity index (χ1n) is 8.79. The molecule has 0 saturated carbocycles. The molecular weight excluding hydrogens is 354 g/mol. The van der Waals surface area contributed by atoms with E-state index in [0.29, 0.717) is 28.4 Å². The van der Waals surface area contributed by atoms with E-state index in [1.165, 1.54) is 6.08 Å². The molecule has 0 aliphatic carbocycles. The maximum atomic E-state index is 12.1. The topological polar surface area (TPSA) is 71.5 Å². The van der Waals surface area contributed by atoms with Crippen LogP contribution in [-0.4, -0.2) is 25.0 Å². The molecule has 2 heterocycles. The molecule has 0 bridgehead atoms. The Kier molecular flexibility index (Phi) is 4.68. The van der Waals surface area contributed by atoms with Crippen molar-refractivity contribution in [2.24, 2.45) is 0 Å². The predicted octanol–water partition coefficient (Wildman–Crippen LogP) is 4.81. The number of nitrogens with zero attached hydrogens (tertiary/aromatic N) is 2. The van der Waals surface area contributed by atoms with Gasteiger partial charge in [0.2, 0.25) is 11.8 Å². The van der Waals surface area contributed by atoms with Crippen molar-refractivity contribution in [2.45, 2.75) is 0 Å². The van der Waals surface area contributed by atoms with Crippen LogP contribution in [0.2, 0.25) is 0 Å². The van der Waals surface area contributed by atoms with Crippen LogP contribution in [0.3, 0.4) is 0 Å². The molecule has 0 fully saturated rings. The smallest absolute Gasteiger partial charge is 0.248 e. The van der Waals surface area contributed by atoms with Crippen LogP contribution in [0.4, 0.5) is 11.4 Å². The number of hydrogen-bond donors (Lipinski definition) is 1. The van der Waals surface area contributed by atoms with Crippen molar-refractivity contribution in [1.82, 2.24) is 4.98 Å². The molecular formula is C22H19N3O3.